The van der Waals surface area contributed by atoms with Crippen molar-refractivity contribution in [3.05, 3.63) is 53.9 Å². The van der Waals surface area contributed by atoms with E-state index in [2.05, 4.69) is 39.4 Å². The normalized spacial score (nSPS) is 22.1. The average Bonchev–Trinajstić information content (AvgIpc) is 3.24. The van der Waals surface area contributed by atoms with Gasteiger partial charge >= 0.3 is 0 Å². The molecule has 1 aromatic heterocycles. The fourth-order valence-corrected chi connectivity index (χ4v) is 4.15. The van der Waals surface area contributed by atoms with Gasteiger partial charge in [0.25, 0.3) is 0 Å². The predicted octanol–water partition coefficient (Wildman–Crippen LogP) is 2.41. The van der Waals surface area contributed by atoms with E-state index in [9.17, 15) is 4.79 Å². The van der Waals surface area contributed by atoms with E-state index >= 15 is 0 Å². The first-order chi connectivity index (χ1) is 13.3. The highest BCUT2D eigenvalue weighted by Gasteiger charge is 2.28. The van der Waals surface area contributed by atoms with E-state index < -0.39 is 0 Å². The van der Waals surface area contributed by atoms with E-state index in [1.54, 1.807) is 6.20 Å². The highest BCUT2D eigenvalue weighted by Crippen LogP contribution is 2.27. The molecule has 0 saturated carbocycles. The van der Waals surface area contributed by atoms with Gasteiger partial charge in [-0.3, -0.25) is 14.8 Å². The Morgan fingerprint density at radius 3 is 2.70 bits per heavy atom. The second-order valence-corrected chi connectivity index (χ2v) is 7.58. The van der Waals surface area contributed by atoms with Crippen LogP contribution < -0.4 is 0 Å². The van der Waals surface area contributed by atoms with Gasteiger partial charge in [-0.2, -0.15) is 5.10 Å². The summed E-state index contributed by atoms with van der Waals surface area (Å²) in [5, 5.41) is 7.10. The maximum atomic E-state index is 12.7. The summed E-state index contributed by atoms with van der Waals surface area (Å²) in [5.74, 6) is 0.716. The summed E-state index contributed by atoms with van der Waals surface area (Å²) in [7, 11) is 0. The smallest absolute Gasteiger partial charge is 0.225 e. The molecule has 144 valence electrons. The van der Waals surface area contributed by atoms with Crippen LogP contribution in [0.5, 0.6) is 0 Å². The van der Waals surface area contributed by atoms with E-state index in [4.69, 9.17) is 4.74 Å². The Hall–Kier alpha value is -2.18. The van der Waals surface area contributed by atoms with Crippen molar-refractivity contribution in [2.75, 3.05) is 32.8 Å². The van der Waals surface area contributed by atoms with E-state index in [-0.39, 0.29) is 12.0 Å². The van der Waals surface area contributed by atoms with Gasteiger partial charge in [0.1, 0.15) is 0 Å². The summed E-state index contributed by atoms with van der Waals surface area (Å²) in [4.78, 5) is 17.1. The lowest BCUT2D eigenvalue weighted by molar-refractivity contribution is -0.137. The molecule has 27 heavy (non-hydrogen) atoms. The number of H-pyrrole nitrogens is 1. The van der Waals surface area contributed by atoms with Crippen LogP contribution in [0.25, 0.3) is 0 Å². The topological polar surface area (TPSA) is 61.5 Å². The Balaban J connectivity index is 1.24. The number of hydrogen-bond donors (Lipinski definition) is 1. The zero-order chi connectivity index (χ0) is 18.5. The molecule has 2 aliphatic heterocycles. The van der Waals surface area contributed by atoms with Crippen LogP contribution in [-0.2, 0) is 16.1 Å². The number of ether oxygens (including phenoxy) is 1. The van der Waals surface area contributed by atoms with Crippen LogP contribution in [0, 0.1) is 0 Å². The Bertz CT molecular complexity index is 711. The maximum Gasteiger partial charge on any atom is 0.225 e. The molecule has 1 amide bonds. The molecule has 1 aromatic carbocycles. The van der Waals surface area contributed by atoms with Crippen molar-refractivity contribution in [3.8, 4) is 0 Å². The van der Waals surface area contributed by atoms with Crippen LogP contribution in [0.3, 0.4) is 0 Å². The lowest BCUT2D eigenvalue weighted by Crippen LogP contribution is -2.45. The first-order valence-electron chi connectivity index (χ1n) is 9.93. The predicted molar refractivity (Wildman–Crippen MR) is 103 cm³/mol. The Kier molecular flexibility index (Phi) is 5.84. The molecule has 1 atom stereocenters. The van der Waals surface area contributed by atoms with Gasteiger partial charge in [-0.15, -0.1) is 0 Å². The largest absolute Gasteiger partial charge is 0.375 e. The molecule has 6 nitrogen and oxygen atoms in total. The number of hydrogen-bond acceptors (Lipinski definition) is 4. The Morgan fingerprint density at radius 2 is 1.96 bits per heavy atom. The lowest BCUT2D eigenvalue weighted by atomic mass is 9.93. The van der Waals surface area contributed by atoms with Crippen molar-refractivity contribution >= 4 is 5.91 Å². The summed E-state index contributed by atoms with van der Waals surface area (Å²) in [6.45, 7) is 5.02. The molecule has 6 heteroatoms. The van der Waals surface area contributed by atoms with Crippen LogP contribution in [-0.4, -0.2) is 64.8 Å². The first kappa shape index (κ1) is 18.2. The molecule has 2 fully saturated rings. The van der Waals surface area contributed by atoms with E-state index in [1.807, 2.05) is 17.0 Å². The molecule has 4 rings (SSSR count). The Labute approximate surface area is 160 Å². The third kappa shape index (κ3) is 4.76. The number of aromatic amines is 1. The Morgan fingerprint density at radius 1 is 1.15 bits per heavy atom. The van der Waals surface area contributed by atoms with Gasteiger partial charge in [0.15, 0.2) is 0 Å². The molecule has 1 N–H and O–H groups in total. The monoisotopic (exact) mass is 368 g/mol. The van der Waals surface area contributed by atoms with Crippen molar-refractivity contribution in [3.63, 3.8) is 0 Å². The van der Waals surface area contributed by atoms with Gasteiger partial charge in [0, 0.05) is 50.5 Å². The van der Waals surface area contributed by atoms with Crippen molar-refractivity contribution < 1.29 is 9.53 Å². The number of nitrogens with one attached hydrogen (secondary N) is 1. The zero-order valence-electron chi connectivity index (χ0n) is 15.7. The number of morpholine rings is 1. The number of likely N-dealkylation sites (tertiary alicyclic amines) is 1. The minimum Gasteiger partial charge on any atom is -0.375 e. The van der Waals surface area contributed by atoms with Gasteiger partial charge in [-0.25, -0.2) is 0 Å². The van der Waals surface area contributed by atoms with E-state index in [0.29, 0.717) is 18.9 Å². The van der Waals surface area contributed by atoms with Gasteiger partial charge in [-0.05, 0) is 24.5 Å². The third-order valence-corrected chi connectivity index (χ3v) is 5.68. The fourth-order valence-electron chi connectivity index (χ4n) is 4.15. The molecular weight excluding hydrogens is 340 g/mol. The molecule has 0 aliphatic carbocycles. The van der Waals surface area contributed by atoms with Gasteiger partial charge < -0.3 is 9.64 Å². The van der Waals surface area contributed by atoms with Gasteiger partial charge in [0.05, 0.1) is 19.1 Å². The molecule has 2 saturated heterocycles. The van der Waals surface area contributed by atoms with Crippen LogP contribution in [0.1, 0.15) is 36.4 Å². The molecule has 0 radical (unpaired) electrons. The highest BCUT2D eigenvalue weighted by molar-refractivity contribution is 5.76. The van der Waals surface area contributed by atoms with E-state index in [0.717, 1.165) is 45.6 Å². The number of nitrogens with zero attached hydrogens (tertiary/aromatic N) is 3. The molecule has 0 unspecified atom stereocenters. The molecule has 3 heterocycles. The average molecular weight is 368 g/mol. The van der Waals surface area contributed by atoms with Crippen LogP contribution >= 0.6 is 0 Å². The number of carbonyl (C=O) groups excluding carboxylic acids is 1. The highest BCUT2D eigenvalue weighted by atomic mass is 16.5. The number of benzene rings is 1. The number of aromatic nitrogens is 2. The minimum atomic E-state index is 0.000271. The van der Waals surface area contributed by atoms with Gasteiger partial charge in [0.2, 0.25) is 5.91 Å². The third-order valence-electron chi connectivity index (χ3n) is 5.68. The number of amides is 1. The maximum absolute atomic E-state index is 12.7. The quantitative estimate of drug-likeness (QED) is 0.880. The molecular formula is C21H28N4O2. The van der Waals surface area contributed by atoms with Gasteiger partial charge in [-0.1, -0.05) is 30.3 Å². The summed E-state index contributed by atoms with van der Waals surface area (Å²) < 4.78 is 5.88. The molecule has 2 aliphatic rings. The van der Waals surface area contributed by atoms with Crippen molar-refractivity contribution in [1.82, 2.24) is 20.0 Å². The molecule has 0 spiro atoms. The van der Waals surface area contributed by atoms with Crippen molar-refractivity contribution in [1.29, 1.82) is 0 Å². The number of carbonyl (C=O) groups is 1. The van der Waals surface area contributed by atoms with Crippen molar-refractivity contribution in [2.45, 2.75) is 37.8 Å². The summed E-state index contributed by atoms with van der Waals surface area (Å²) >= 11 is 0. The van der Waals surface area contributed by atoms with Crippen LogP contribution in [0.2, 0.25) is 0 Å². The zero-order valence-corrected chi connectivity index (χ0v) is 15.7. The number of piperidine rings is 1. The second kappa shape index (κ2) is 8.67. The van der Waals surface area contributed by atoms with Crippen LogP contribution in [0.4, 0.5) is 0 Å². The summed E-state index contributed by atoms with van der Waals surface area (Å²) in [6, 6.07) is 12.5. The summed E-state index contributed by atoms with van der Waals surface area (Å²) in [5.41, 5.74) is 2.50. The van der Waals surface area contributed by atoms with Crippen molar-refractivity contribution in [2.24, 2.45) is 0 Å². The lowest BCUT2D eigenvalue weighted by Gasteiger charge is -2.35. The van der Waals surface area contributed by atoms with E-state index in [1.165, 1.54) is 11.3 Å². The summed E-state index contributed by atoms with van der Waals surface area (Å²) in [6.07, 6.45) is 4.29. The first-order valence-corrected chi connectivity index (χ1v) is 9.93. The molecule has 0 bridgehead atoms. The number of rotatable bonds is 5. The SMILES string of the molecule is O=C(C[C@@H]1CN(Cc2ccccc2)CCO1)N1CCC(c2ccn[nH]2)CC1. The second-order valence-electron chi connectivity index (χ2n) is 7.58. The standard InChI is InChI=1S/C21H28N4O2/c26-21(25-10-7-18(8-11-25)20-6-9-22-23-20)14-19-16-24(12-13-27-19)15-17-4-2-1-3-5-17/h1-6,9,18-19H,7-8,10-16H2,(H,22,23)/t19-/m1/s1. The fraction of sp³-hybridized carbons (Fsp3) is 0.524. The minimum absolute atomic E-state index is 0.000271. The molecule has 2 aromatic rings. The van der Waals surface area contributed by atoms with Crippen LogP contribution in [0.15, 0.2) is 42.6 Å².